The van der Waals surface area contributed by atoms with Gasteiger partial charge in [0.25, 0.3) is 0 Å². The van der Waals surface area contributed by atoms with Gasteiger partial charge in [-0.3, -0.25) is 4.99 Å². The minimum atomic E-state index is -5.27. The number of hydrogen-bond acceptors (Lipinski definition) is 5. The molecule has 0 aromatic carbocycles. The number of aromatic nitrogens is 1. The van der Waals surface area contributed by atoms with Gasteiger partial charge in [-0.2, -0.15) is 17.5 Å². The van der Waals surface area contributed by atoms with Crippen LogP contribution in [0, 0.1) is 0 Å². The van der Waals surface area contributed by atoms with E-state index in [1.807, 2.05) is 19.9 Å². The van der Waals surface area contributed by atoms with Crippen molar-refractivity contribution in [3.8, 4) is 0 Å². The lowest BCUT2D eigenvalue weighted by Gasteiger charge is -2.32. The maximum absolute atomic E-state index is 12.6. The van der Waals surface area contributed by atoms with E-state index >= 15 is 0 Å². The number of rotatable bonds is 5. The Hall–Kier alpha value is -1.09. The van der Waals surface area contributed by atoms with E-state index < -0.39 is 15.5 Å². The average Bonchev–Trinajstić information content (AvgIpc) is 3.07. The molecule has 0 atom stereocenters. The zero-order chi connectivity index (χ0) is 20.2. The SMILES string of the molecule is CN=C(NCc1cc(C(C)C)no1)NC1CCN(S(=O)(=O)C(F)(F)F)CC1.I. The van der Waals surface area contributed by atoms with Crippen LogP contribution in [0.4, 0.5) is 13.2 Å². The van der Waals surface area contributed by atoms with Crippen LogP contribution in [0.2, 0.25) is 0 Å². The molecule has 1 aliphatic heterocycles. The average molecular weight is 539 g/mol. The summed E-state index contributed by atoms with van der Waals surface area (Å²) in [7, 11) is -3.70. The van der Waals surface area contributed by atoms with Crippen molar-refractivity contribution < 1.29 is 26.1 Å². The third-order valence-electron chi connectivity index (χ3n) is 4.25. The van der Waals surface area contributed by atoms with Crippen LogP contribution < -0.4 is 10.6 Å². The predicted molar refractivity (Wildman–Crippen MR) is 109 cm³/mol. The summed E-state index contributed by atoms with van der Waals surface area (Å²) in [5.74, 6) is 1.33. The van der Waals surface area contributed by atoms with Gasteiger partial charge in [0.1, 0.15) is 0 Å². The van der Waals surface area contributed by atoms with E-state index in [0.29, 0.717) is 22.6 Å². The molecule has 8 nitrogen and oxygen atoms in total. The summed E-state index contributed by atoms with van der Waals surface area (Å²) in [5.41, 5.74) is -4.43. The summed E-state index contributed by atoms with van der Waals surface area (Å²) in [5, 5.41) is 10.1. The highest BCUT2D eigenvalue weighted by Crippen LogP contribution is 2.28. The standard InChI is InChI=1S/C15H24F3N5O3S.HI/c1-10(2)13-8-12(26-22-13)9-20-14(19-3)21-11-4-6-23(7-5-11)27(24,25)15(16,17)18;/h8,10-11H,4-7,9H2,1-3H3,(H2,19,20,21);1H. The lowest BCUT2D eigenvalue weighted by atomic mass is 10.1. The first kappa shape index (κ1) is 24.9. The van der Waals surface area contributed by atoms with Crippen LogP contribution in [0.5, 0.6) is 0 Å². The molecule has 1 aliphatic rings. The fourth-order valence-electron chi connectivity index (χ4n) is 2.63. The number of alkyl halides is 3. The van der Waals surface area contributed by atoms with Crippen molar-refractivity contribution in [1.29, 1.82) is 0 Å². The molecular weight excluding hydrogens is 514 g/mol. The van der Waals surface area contributed by atoms with Crippen LogP contribution in [-0.2, 0) is 16.6 Å². The van der Waals surface area contributed by atoms with Gasteiger partial charge in [0.05, 0.1) is 12.2 Å². The fraction of sp³-hybridized carbons (Fsp3) is 0.733. The fourth-order valence-corrected chi connectivity index (χ4v) is 3.61. The summed E-state index contributed by atoms with van der Waals surface area (Å²) in [6, 6.07) is 1.66. The molecule has 0 amide bonds. The molecule has 0 spiro atoms. The van der Waals surface area contributed by atoms with Gasteiger partial charge in [0, 0.05) is 32.2 Å². The van der Waals surface area contributed by atoms with Gasteiger partial charge in [-0.05, 0) is 18.8 Å². The van der Waals surface area contributed by atoms with Gasteiger partial charge in [-0.1, -0.05) is 19.0 Å². The molecule has 0 saturated carbocycles. The Balaban J connectivity index is 0.00000392. The van der Waals surface area contributed by atoms with E-state index in [0.717, 1.165) is 5.69 Å². The molecule has 0 aliphatic carbocycles. The number of piperidine rings is 1. The first-order chi connectivity index (χ1) is 12.5. The molecule has 2 rings (SSSR count). The largest absolute Gasteiger partial charge is 0.511 e. The zero-order valence-electron chi connectivity index (χ0n) is 15.8. The van der Waals surface area contributed by atoms with Gasteiger partial charge in [-0.25, -0.2) is 8.42 Å². The van der Waals surface area contributed by atoms with E-state index in [4.69, 9.17) is 4.52 Å². The highest BCUT2D eigenvalue weighted by Gasteiger charge is 2.50. The molecule has 0 radical (unpaired) electrons. The maximum Gasteiger partial charge on any atom is 0.511 e. The number of guanidine groups is 1. The van der Waals surface area contributed by atoms with Crippen LogP contribution in [0.3, 0.4) is 0 Å². The second-order valence-corrected chi connectivity index (χ2v) is 8.50. The van der Waals surface area contributed by atoms with E-state index in [9.17, 15) is 21.6 Å². The van der Waals surface area contributed by atoms with E-state index in [1.54, 1.807) is 7.05 Å². The van der Waals surface area contributed by atoms with Gasteiger partial charge in [0.2, 0.25) is 0 Å². The van der Waals surface area contributed by atoms with Crippen molar-refractivity contribution >= 4 is 40.0 Å². The van der Waals surface area contributed by atoms with Gasteiger partial charge >= 0.3 is 15.5 Å². The quantitative estimate of drug-likeness (QED) is 0.339. The van der Waals surface area contributed by atoms with Crippen LogP contribution in [0.1, 0.15) is 44.1 Å². The molecule has 13 heteroatoms. The predicted octanol–water partition coefficient (Wildman–Crippen LogP) is 2.40. The minimum absolute atomic E-state index is 0. The number of nitrogens with one attached hydrogen (secondary N) is 2. The maximum atomic E-state index is 12.6. The van der Waals surface area contributed by atoms with Crippen molar-refractivity contribution in [1.82, 2.24) is 20.1 Å². The van der Waals surface area contributed by atoms with E-state index in [1.165, 1.54) is 0 Å². The third-order valence-corrected chi connectivity index (χ3v) is 5.88. The normalized spacial score (nSPS) is 17.5. The molecule has 1 aromatic rings. The molecule has 1 saturated heterocycles. The molecule has 2 heterocycles. The van der Waals surface area contributed by atoms with Crippen LogP contribution in [0.15, 0.2) is 15.6 Å². The highest BCUT2D eigenvalue weighted by molar-refractivity contribution is 14.0. The molecule has 28 heavy (non-hydrogen) atoms. The molecule has 162 valence electrons. The molecule has 0 bridgehead atoms. The monoisotopic (exact) mass is 539 g/mol. The number of nitrogens with zero attached hydrogens (tertiary/aromatic N) is 3. The Morgan fingerprint density at radius 3 is 2.46 bits per heavy atom. The van der Waals surface area contributed by atoms with Crippen molar-refractivity contribution in [3.63, 3.8) is 0 Å². The van der Waals surface area contributed by atoms with E-state index in [-0.39, 0.29) is 61.9 Å². The Morgan fingerprint density at radius 2 is 2.00 bits per heavy atom. The molecule has 2 N–H and O–H groups in total. The molecule has 0 unspecified atom stereocenters. The Bertz CT molecular complexity index is 759. The van der Waals surface area contributed by atoms with Crippen molar-refractivity contribution in [3.05, 3.63) is 17.5 Å². The zero-order valence-corrected chi connectivity index (χ0v) is 18.9. The third kappa shape index (κ3) is 6.20. The van der Waals surface area contributed by atoms with Gasteiger partial charge in [0.15, 0.2) is 11.7 Å². The van der Waals surface area contributed by atoms with Crippen molar-refractivity contribution in [2.45, 2.75) is 50.7 Å². The first-order valence-corrected chi connectivity index (χ1v) is 9.97. The van der Waals surface area contributed by atoms with Gasteiger partial charge < -0.3 is 15.2 Å². The highest BCUT2D eigenvalue weighted by atomic mass is 127. The number of sulfonamides is 1. The molecular formula is C15H25F3IN5O3S. The molecule has 1 fully saturated rings. The Morgan fingerprint density at radius 1 is 1.39 bits per heavy atom. The molecule has 1 aromatic heterocycles. The summed E-state index contributed by atoms with van der Waals surface area (Å²) >= 11 is 0. The summed E-state index contributed by atoms with van der Waals surface area (Å²) in [4.78, 5) is 4.07. The van der Waals surface area contributed by atoms with Crippen molar-refractivity contribution in [2.75, 3.05) is 20.1 Å². The summed E-state index contributed by atoms with van der Waals surface area (Å²) < 4.78 is 66.4. The Kier molecular flexibility index (Phi) is 8.99. The van der Waals surface area contributed by atoms with Crippen molar-refractivity contribution in [2.24, 2.45) is 4.99 Å². The number of aliphatic imine (C=N–C) groups is 1. The lowest BCUT2D eigenvalue weighted by molar-refractivity contribution is -0.0494. The number of hydrogen-bond donors (Lipinski definition) is 2. The summed E-state index contributed by atoms with van der Waals surface area (Å²) in [6.07, 6.45) is 0.492. The number of halogens is 4. The van der Waals surface area contributed by atoms with E-state index in [2.05, 4.69) is 20.8 Å². The first-order valence-electron chi connectivity index (χ1n) is 8.53. The van der Waals surface area contributed by atoms with Crippen LogP contribution in [-0.4, -0.2) is 55.5 Å². The van der Waals surface area contributed by atoms with Crippen LogP contribution in [0.25, 0.3) is 0 Å². The topological polar surface area (TPSA) is 99.8 Å². The Labute approximate surface area is 179 Å². The van der Waals surface area contributed by atoms with Gasteiger partial charge in [-0.15, -0.1) is 24.0 Å². The second-order valence-electron chi connectivity index (χ2n) is 6.57. The lowest BCUT2D eigenvalue weighted by Crippen LogP contribution is -2.51. The second kappa shape index (κ2) is 10.1. The summed E-state index contributed by atoms with van der Waals surface area (Å²) in [6.45, 7) is 3.95. The smallest absolute Gasteiger partial charge is 0.359 e. The van der Waals surface area contributed by atoms with Crippen LogP contribution >= 0.6 is 24.0 Å². The minimum Gasteiger partial charge on any atom is -0.359 e.